The lowest BCUT2D eigenvalue weighted by Crippen LogP contribution is -2.28. The van der Waals surface area contributed by atoms with Crippen LogP contribution in [-0.4, -0.2) is 17.3 Å². The number of fused-ring (bicyclic) bond motifs is 2. The average molecular weight is 429 g/mol. The third-order valence-electron chi connectivity index (χ3n) is 5.54. The SMILES string of the molecule is Cc1ccsc1CNCCCN1c2ccc(F)cc2S(=O)c2ccc(C)c(C)c21. The smallest absolute Gasteiger partial charge is 0.124 e. The summed E-state index contributed by atoms with van der Waals surface area (Å²) in [6.45, 7) is 8.83. The van der Waals surface area contributed by atoms with Crippen LogP contribution in [0.25, 0.3) is 0 Å². The van der Waals surface area contributed by atoms with Gasteiger partial charge in [-0.05, 0) is 86.1 Å². The first kappa shape index (κ1) is 20.3. The van der Waals surface area contributed by atoms with Gasteiger partial charge < -0.3 is 10.2 Å². The van der Waals surface area contributed by atoms with Crippen molar-refractivity contribution < 1.29 is 8.60 Å². The standard InChI is InChI=1S/C23H25FN2OS2/c1-15-5-8-21-23(17(15)3)26(19-7-6-18(24)13-22(19)29(21)27)11-4-10-25-14-20-16(2)9-12-28-20/h5-9,12-13,25H,4,10-11,14H2,1-3H3. The fourth-order valence-corrected chi connectivity index (χ4v) is 6.07. The van der Waals surface area contributed by atoms with Crippen LogP contribution in [0.3, 0.4) is 0 Å². The number of nitrogens with one attached hydrogen (secondary N) is 1. The van der Waals surface area contributed by atoms with Crippen LogP contribution in [0.1, 0.15) is 28.0 Å². The van der Waals surface area contributed by atoms with Crippen molar-refractivity contribution in [2.24, 2.45) is 0 Å². The molecule has 1 N–H and O–H groups in total. The second kappa shape index (κ2) is 8.38. The molecule has 0 bridgehead atoms. The molecule has 3 aromatic rings. The van der Waals surface area contributed by atoms with Crippen molar-refractivity contribution in [2.75, 3.05) is 18.0 Å². The topological polar surface area (TPSA) is 32.3 Å². The number of aryl methyl sites for hydroxylation is 2. The zero-order chi connectivity index (χ0) is 20.5. The molecule has 0 amide bonds. The molecule has 2 aromatic carbocycles. The van der Waals surface area contributed by atoms with Gasteiger partial charge in [0.1, 0.15) is 5.82 Å². The van der Waals surface area contributed by atoms with Gasteiger partial charge in [0.15, 0.2) is 0 Å². The van der Waals surface area contributed by atoms with E-state index in [4.69, 9.17) is 0 Å². The van der Waals surface area contributed by atoms with Gasteiger partial charge >= 0.3 is 0 Å². The molecule has 1 aliphatic rings. The van der Waals surface area contributed by atoms with Crippen LogP contribution < -0.4 is 10.2 Å². The van der Waals surface area contributed by atoms with E-state index in [1.54, 1.807) is 17.4 Å². The van der Waals surface area contributed by atoms with E-state index >= 15 is 0 Å². The number of halogens is 1. The van der Waals surface area contributed by atoms with Crippen LogP contribution in [0.2, 0.25) is 0 Å². The number of thiophene rings is 1. The van der Waals surface area contributed by atoms with E-state index in [-0.39, 0.29) is 5.82 Å². The Hall–Kier alpha value is -2.02. The Morgan fingerprint density at radius 2 is 1.90 bits per heavy atom. The Morgan fingerprint density at radius 3 is 2.66 bits per heavy atom. The number of nitrogens with zero attached hydrogens (tertiary/aromatic N) is 1. The van der Waals surface area contributed by atoms with Crippen LogP contribution in [0, 0.1) is 26.6 Å². The van der Waals surface area contributed by atoms with Crippen LogP contribution in [-0.2, 0) is 17.3 Å². The lowest BCUT2D eigenvalue weighted by Gasteiger charge is -2.34. The Bertz CT molecular complexity index is 1080. The number of benzene rings is 2. The maximum absolute atomic E-state index is 13.9. The molecule has 3 nitrogen and oxygen atoms in total. The first-order valence-corrected chi connectivity index (χ1v) is 11.8. The van der Waals surface area contributed by atoms with Crippen molar-refractivity contribution >= 4 is 33.5 Å². The highest BCUT2D eigenvalue weighted by Gasteiger charge is 2.30. The molecule has 0 fully saturated rings. The molecule has 0 aliphatic carbocycles. The van der Waals surface area contributed by atoms with Gasteiger partial charge in [0.25, 0.3) is 0 Å². The number of hydrogen-bond donors (Lipinski definition) is 1. The zero-order valence-corrected chi connectivity index (χ0v) is 18.6. The molecule has 4 rings (SSSR count). The molecule has 0 saturated heterocycles. The highest BCUT2D eigenvalue weighted by Crippen LogP contribution is 2.44. The van der Waals surface area contributed by atoms with Gasteiger partial charge in [0.05, 0.1) is 32.0 Å². The minimum Gasteiger partial charge on any atom is -0.339 e. The largest absolute Gasteiger partial charge is 0.339 e. The number of rotatable bonds is 6. The van der Waals surface area contributed by atoms with Crippen LogP contribution in [0.15, 0.2) is 51.6 Å². The second-order valence-corrected chi connectivity index (χ2v) is 9.86. The van der Waals surface area contributed by atoms with E-state index in [9.17, 15) is 8.60 Å². The van der Waals surface area contributed by atoms with Gasteiger partial charge in [-0.25, -0.2) is 8.60 Å². The summed E-state index contributed by atoms with van der Waals surface area (Å²) in [6.07, 6.45) is 0.931. The van der Waals surface area contributed by atoms with Crippen molar-refractivity contribution in [2.45, 2.75) is 43.5 Å². The molecular weight excluding hydrogens is 403 g/mol. The van der Waals surface area contributed by atoms with E-state index < -0.39 is 10.8 Å². The van der Waals surface area contributed by atoms with Gasteiger partial charge in [-0.3, -0.25) is 0 Å². The monoisotopic (exact) mass is 428 g/mol. The Labute approximate surface area is 178 Å². The number of anilines is 2. The fraction of sp³-hybridized carbons (Fsp3) is 0.304. The normalized spacial score (nSPS) is 15.3. The van der Waals surface area contributed by atoms with Crippen molar-refractivity contribution in [3.05, 3.63) is 69.2 Å². The molecule has 1 unspecified atom stereocenters. The summed E-state index contributed by atoms with van der Waals surface area (Å²) >= 11 is 1.78. The maximum atomic E-state index is 13.9. The quantitative estimate of drug-likeness (QED) is 0.518. The molecule has 152 valence electrons. The predicted molar refractivity (Wildman–Crippen MR) is 119 cm³/mol. The van der Waals surface area contributed by atoms with Gasteiger partial charge in [0, 0.05) is 18.0 Å². The summed E-state index contributed by atoms with van der Waals surface area (Å²) in [5.41, 5.74) is 5.49. The highest BCUT2D eigenvalue weighted by atomic mass is 32.2. The van der Waals surface area contributed by atoms with Crippen molar-refractivity contribution in [3.8, 4) is 0 Å². The molecular formula is C23H25FN2OS2. The Balaban J connectivity index is 1.56. The third-order valence-corrected chi connectivity index (χ3v) is 8.01. The van der Waals surface area contributed by atoms with E-state index in [2.05, 4.69) is 42.4 Å². The fourth-order valence-electron chi connectivity index (χ4n) is 3.74. The summed E-state index contributed by atoms with van der Waals surface area (Å²) in [5.74, 6) is -0.350. The molecule has 1 aliphatic heterocycles. The molecule has 6 heteroatoms. The first-order chi connectivity index (χ1) is 14.0. The summed E-state index contributed by atoms with van der Waals surface area (Å²) in [4.78, 5) is 4.92. The molecule has 1 atom stereocenters. The Kier molecular flexibility index (Phi) is 5.86. The lowest BCUT2D eigenvalue weighted by atomic mass is 10.1. The minimum absolute atomic E-state index is 0.350. The predicted octanol–water partition coefficient (Wildman–Crippen LogP) is 5.61. The van der Waals surface area contributed by atoms with Crippen LogP contribution >= 0.6 is 11.3 Å². The minimum atomic E-state index is -1.37. The van der Waals surface area contributed by atoms with Crippen molar-refractivity contribution in [3.63, 3.8) is 0 Å². The number of hydrogen-bond acceptors (Lipinski definition) is 4. The van der Waals surface area contributed by atoms with Crippen molar-refractivity contribution in [1.29, 1.82) is 0 Å². The van der Waals surface area contributed by atoms with Crippen LogP contribution in [0.4, 0.5) is 15.8 Å². The van der Waals surface area contributed by atoms with E-state index in [0.717, 1.165) is 47.9 Å². The van der Waals surface area contributed by atoms with Gasteiger partial charge in [-0.1, -0.05) is 6.07 Å². The van der Waals surface area contributed by atoms with E-state index in [0.29, 0.717) is 4.90 Å². The van der Waals surface area contributed by atoms with Gasteiger partial charge in [-0.2, -0.15) is 0 Å². The summed E-state index contributed by atoms with van der Waals surface area (Å²) in [7, 11) is -1.37. The van der Waals surface area contributed by atoms with E-state index in [1.807, 2.05) is 12.1 Å². The highest BCUT2D eigenvalue weighted by molar-refractivity contribution is 7.85. The molecule has 29 heavy (non-hydrogen) atoms. The molecule has 0 radical (unpaired) electrons. The molecule has 2 heterocycles. The third kappa shape index (κ3) is 3.89. The summed E-state index contributed by atoms with van der Waals surface area (Å²) in [6, 6.07) is 10.7. The molecule has 0 spiro atoms. The van der Waals surface area contributed by atoms with Gasteiger partial charge in [-0.15, -0.1) is 11.3 Å². The maximum Gasteiger partial charge on any atom is 0.124 e. The molecule has 0 saturated carbocycles. The van der Waals surface area contributed by atoms with Crippen molar-refractivity contribution in [1.82, 2.24) is 5.32 Å². The average Bonchev–Trinajstić information content (AvgIpc) is 3.11. The summed E-state index contributed by atoms with van der Waals surface area (Å²) in [5, 5.41) is 5.65. The Morgan fingerprint density at radius 1 is 1.07 bits per heavy atom. The van der Waals surface area contributed by atoms with Gasteiger partial charge in [0.2, 0.25) is 0 Å². The zero-order valence-electron chi connectivity index (χ0n) is 16.9. The van der Waals surface area contributed by atoms with Crippen LogP contribution in [0.5, 0.6) is 0 Å². The summed E-state index contributed by atoms with van der Waals surface area (Å²) < 4.78 is 27.0. The van der Waals surface area contributed by atoms with E-state index in [1.165, 1.54) is 28.1 Å². The molecule has 1 aromatic heterocycles. The second-order valence-electron chi connectivity index (χ2n) is 7.44. The first-order valence-electron chi connectivity index (χ1n) is 9.80. The lowest BCUT2D eigenvalue weighted by molar-refractivity contribution is 0.620.